The van der Waals surface area contributed by atoms with Gasteiger partial charge in [0.15, 0.2) is 0 Å². The molecule has 0 aromatic heterocycles. The summed E-state index contributed by atoms with van der Waals surface area (Å²) in [7, 11) is 0. The molecule has 2 nitrogen and oxygen atoms in total. The average molecular weight is 294 g/mol. The third kappa shape index (κ3) is 3.61. The average Bonchev–Trinajstić information content (AvgIpc) is 3.03. The highest BCUT2D eigenvalue weighted by Crippen LogP contribution is 2.31. The minimum absolute atomic E-state index is 0.129. The molecule has 2 aliphatic heterocycles. The van der Waals surface area contributed by atoms with Gasteiger partial charge in [0.25, 0.3) is 5.92 Å². The number of rotatable bonds is 4. The Hall–Kier alpha value is -1.00. The van der Waals surface area contributed by atoms with E-state index in [1.807, 2.05) is 4.90 Å². The summed E-state index contributed by atoms with van der Waals surface area (Å²) >= 11 is 0. The van der Waals surface area contributed by atoms with Gasteiger partial charge < -0.3 is 5.32 Å². The van der Waals surface area contributed by atoms with E-state index in [1.54, 1.807) is 18.2 Å². The molecule has 1 aromatic carbocycles. The largest absolute Gasteiger partial charge is 0.314 e. The fraction of sp³-hybridized carbons (Fsp3) is 0.647. The zero-order chi connectivity index (χ0) is 14.7. The van der Waals surface area contributed by atoms with Gasteiger partial charge in [0.05, 0.1) is 6.54 Å². The molecule has 3 rings (SSSR count). The third-order valence-corrected chi connectivity index (χ3v) is 4.92. The van der Waals surface area contributed by atoms with E-state index in [9.17, 15) is 8.78 Å². The summed E-state index contributed by atoms with van der Waals surface area (Å²) in [5, 5.41) is 3.55. The second-order valence-corrected chi connectivity index (χ2v) is 6.39. The Morgan fingerprint density at radius 3 is 2.43 bits per heavy atom. The normalized spacial score (nSPS) is 25.3. The van der Waals surface area contributed by atoms with Crippen LogP contribution in [0, 0.1) is 5.92 Å². The number of hydrogen-bond donors (Lipinski definition) is 1. The van der Waals surface area contributed by atoms with E-state index in [1.165, 1.54) is 25.0 Å². The lowest BCUT2D eigenvalue weighted by Crippen LogP contribution is -2.44. The summed E-state index contributed by atoms with van der Waals surface area (Å²) in [6.07, 6.45) is 4.60. The Bertz CT molecular complexity index is 435. The Morgan fingerprint density at radius 1 is 1.10 bits per heavy atom. The van der Waals surface area contributed by atoms with Crippen LogP contribution in [0.25, 0.3) is 0 Å². The predicted molar refractivity (Wildman–Crippen MR) is 80.5 cm³/mol. The Morgan fingerprint density at radius 2 is 1.81 bits per heavy atom. The van der Waals surface area contributed by atoms with E-state index in [2.05, 4.69) is 5.32 Å². The second-order valence-electron chi connectivity index (χ2n) is 6.39. The predicted octanol–water partition coefficient (Wildman–Crippen LogP) is 3.24. The van der Waals surface area contributed by atoms with E-state index >= 15 is 0 Å². The van der Waals surface area contributed by atoms with Gasteiger partial charge in [-0.15, -0.1) is 0 Å². The number of benzene rings is 1. The van der Waals surface area contributed by atoms with E-state index in [0.717, 1.165) is 32.5 Å². The van der Waals surface area contributed by atoms with Gasteiger partial charge >= 0.3 is 0 Å². The van der Waals surface area contributed by atoms with Crippen molar-refractivity contribution in [3.8, 4) is 0 Å². The van der Waals surface area contributed by atoms with Crippen molar-refractivity contribution in [3.05, 3.63) is 35.9 Å². The maximum Gasteiger partial charge on any atom is 0.285 e. The standard InChI is InChI=1S/C17H24F2N2/c18-17(19,15-5-2-1-3-6-15)13-21-11-8-14(9-12-21)16-7-4-10-20-16/h1-3,5-6,14,16,20H,4,7-13H2. The highest BCUT2D eigenvalue weighted by Gasteiger charge is 2.36. The van der Waals surface area contributed by atoms with Gasteiger partial charge in [0.1, 0.15) is 0 Å². The zero-order valence-electron chi connectivity index (χ0n) is 12.4. The van der Waals surface area contributed by atoms with E-state index < -0.39 is 5.92 Å². The lowest BCUT2D eigenvalue weighted by atomic mass is 9.88. The smallest absolute Gasteiger partial charge is 0.285 e. The molecule has 1 atom stereocenters. The molecule has 21 heavy (non-hydrogen) atoms. The van der Waals surface area contributed by atoms with Crippen molar-refractivity contribution in [3.63, 3.8) is 0 Å². The molecule has 1 unspecified atom stereocenters. The van der Waals surface area contributed by atoms with Crippen molar-refractivity contribution in [2.45, 2.75) is 37.6 Å². The number of hydrogen-bond acceptors (Lipinski definition) is 2. The van der Waals surface area contributed by atoms with Crippen molar-refractivity contribution in [2.24, 2.45) is 5.92 Å². The molecule has 1 N–H and O–H groups in total. The molecule has 0 saturated carbocycles. The van der Waals surface area contributed by atoms with Crippen molar-refractivity contribution < 1.29 is 8.78 Å². The first-order valence-corrected chi connectivity index (χ1v) is 8.04. The quantitative estimate of drug-likeness (QED) is 0.917. The van der Waals surface area contributed by atoms with Crippen LogP contribution in [0.3, 0.4) is 0 Å². The van der Waals surface area contributed by atoms with Gasteiger partial charge in [0.2, 0.25) is 0 Å². The van der Waals surface area contributed by atoms with Crippen molar-refractivity contribution in [1.82, 2.24) is 10.2 Å². The second kappa shape index (κ2) is 6.41. The third-order valence-electron chi connectivity index (χ3n) is 4.92. The number of likely N-dealkylation sites (tertiary alicyclic amines) is 1. The van der Waals surface area contributed by atoms with Crippen LogP contribution < -0.4 is 5.32 Å². The van der Waals surface area contributed by atoms with E-state index in [-0.39, 0.29) is 12.1 Å². The zero-order valence-corrected chi connectivity index (χ0v) is 12.4. The van der Waals surface area contributed by atoms with Crippen LogP contribution in [0.1, 0.15) is 31.2 Å². The van der Waals surface area contributed by atoms with Crippen molar-refractivity contribution >= 4 is 0 Å². The van der Waals surface area contributed by atoms with Gasteiger partial charge in [-0.2, -0.15) is 8.78 Å². The fourth-order valence-electron chi connectivity index (χ4n) is 3.68. The molecule has 2 heterocycles. The topological polar surface area (TPSA) is 15.3 Å². The molecule has 0 spiro atoms. The number of alkyl halides is 2. The molecular formula is C17H24F2N2. The van der Waals surface area contributed by atoms with Gasteiger partial charge in [-0.05, 0) is 51.2 Å². The molecule has 2 aliphatic rings. The maximum absolute atomic E-state index is 14.3. The number of nitrogens with one attached hydrogen (secondary N) is 1. The first kappa shape index (κ1) is 14.9. The number of halogens is 2. The summed E-state index contributed by atoms with van der Waals surface area (Å²) in [5.74, 6) is -2.08. The highest BCUT2D eigenvalue weighted by atomic mass is 19.3. The van der Waals surface area contributed by atoms with Gasteiger partial charge in [-0.25, -0.2) is 0 Å². The molecule has 1 aromatic rings. The van der Waals surface area contributed by atoms with Crippen LogP contribution in [0.15, 0.2) is 30.3 Å². The number of nitrogens with zero attached hydrogens (tertiary/aromatic N) is 1. The molecule has 2 saturated heterocycles. The molecule has 116 valence electrons. The molecule has 0 aliphatic carbocycles. The summed E-state index contributed by atoms with van der Waals surface area (Å²) in [4.78, 5) is 1.93. The molecule has 4 heteroatoms. The maximum atomic E-state index is 14.3. The minimum atomic E-state index is -2.75. The van der Waals surface area contributed by atoms with Crippen LogP contribution in [0.5, 0.6) is 0 Å². The van der Waals surface area contributed by atoms with E-state index in [0.29, 0.717) is 12.0 Å². The molecule has 0 radical (unpaired) electrons. The molecule has 0 amide bonds. The van der Waals surface area contributed by atoms with Crippen LogP contribution in [-0.4, -0.2) is 37.1 Å². The summed E-state index contributed by atoms with van der Waals surface area (Å²) in [6.45, 7) is 2.56. The highest BCUT2D eigenvalue weighted by molar-refractivity contribution is 5.20. The van der Waals surface area contributed by atoms with Gasteiger partial charge in [-0.1, -0.05) is 30.3 Å². The lowest BCUT2D eigenvalue weighted by Gasteiger charge is -2.36. The van der Waals surface area contributed by atoms with Gasteiger partial charge in [-0.3, -0.25) is 4.90 Å². The molecule has 0 bridgehead atoms. The molecule has 2 fully saturated rings. The fourth-order valence-corrected chi connectivity index (χ4v) is 3.68. The van der Waals surface area contributed by atoms with Gasteiger partial charge in [0, 0.05) is 11.6 Å². The van der Waals surface area contributed by atoms with Crippen LogP contribution in [0.2, 0.25) is 0 Å². The summed E-state index contributed by atoms with van der Waals surface area (Å²) in [6, 6.07) is 8.81. The van der Waals surface area contributed by atoms with Crippen LogP contribution in [0.4, 0.5) is 8.78 Å². The first-order chi connectivity index (χ1) is 10.1. The van der Waals surface area contributed by atoms with Crippen LogP contribution >= 0.6 is 0 Å². The summed E-state index contributed by atoms with van der Waals surface area (Å²) < 4.78 is 28.6. The van der Waals surface area contributed by atoms with Crippen molar-refractivity contribution in [1.29, 1.82) is 0 Å². The Balaban J connectivity index is 1.53. The Labute approximate surface area is 125 Å². The minimum Gasteiger partial charge on any atom is -0.314 e. The molecular weight excluding hydrogens is 270 g/mol. The Kier molecular flexibility index (Phi) is 4.55. The van der Waals surface area contributed by atoms with Crippen molar-refractivity contribution in [2.75, 3.05) is 26.2 Å². The number of piperidine rings is 1. The van der Waals surface area contributed by atoms with E-state index in [4.69, 9.17) is 0 Å². The monoisotopic (exact) mass is 294 g/mol. The lowest BCUT2D eigenvalue weighted by molar-refractivity contribution is -0.0454. The SMILES string of the molecule is FC(F)(CN1CCC(C2CCCN2)CC1)c1ccccc1. The summed E-state index contributed by atoms with van der Waals surface area (Å²) in [5.41, 5.74) is 0.129. The first-order valence-electron chi connectivity index (χ1n) is 8.04. The van der Waals surface area contributed by atoms with Crippen LogP contribution in [-0.2, 0) is 5.92 Å².